The first-order valence-electron chi connectivity index (χ1n) is 6.28. The molecule has 2 atom stereocenters. The maximum absolute atomic E-state index is 9.92. The smallest absolute Gasteiger partial charge is 0.180 e. The molecule has 1 aromatic rings. The van der Waals surface area contributed by atoms with E-state index in [1.54, 1.807) is 6.07 Å². The van der Waals surface area contributed by atoms with Crippen LogP contribution < -0.4 is 9.47 Å². The maximum Gasteiger partial charge on any atom is 0.180 e. The number of nitrogens with zero attached hydrogens (tertiary/aromatic N) is 1. The highest BCUT2D eigenvalue weighted by molar-refractivity contribution is 6.32. The van der Waals surface area contributed by atoms with Crippen LogP contribution in [0.4, 0.5) is 0 Å². The maximum atomic E-state index is 9.92. The quantitative estimate of drug-likeness (QED) is 0.925. The summed E-state index contributed by atoms with van der Waals surface area (Å²) in [6.45, 7) is 0. The normalized spacial score (nSPS) is 22.6. The molecule has 4 nitrogen and oxygen atoms in total. The second-order valence-electron chi connectivity index (χ2n) is 4.61. The van der Waals surface area contributed by atoms with Gasteiger partial charge in [-0.25, -0.2) is 0 Å². The number of methoxy groups -OCH3 is 1. The van der Waals surface area contributed by atoms with E-state index in [-0.39, 0.29) is 6.10 Å². The molecule has 0 aromatic heterocycles. The number of halogens is 1. The fourth-order valence-corrected chi connectivity index (χ4v) is 2.52. The highest BCUT2D eigenvalue weighted by Crippen LogP contribution is 2.38. The Morgan fingerprint density at radius 1 is 1.37 bits per heavy atom. The van der Waals surface area contributed by atoms with Crippen molar-refractivity contribution in [2.75, 3.05) is 7.11 Å². The molecule has 0 amide bonds. The lowest BCUT2D eigenvalue weighted by atomic mass is 9.95. The lowest BCUT2D eigenvalue weighted by Crippen LogP contribution is -2.34. The number of hydrogen-bond acceptors (Lipinski definition) is 4. The minimum Gasteiger partial charge on any atom is -0.493 e. The van der Waals surface area contributed by atoms with Gasteiger partial charge in [-0.15, -0.1) is 0 Å². The van der Waals surface area contributed by atoms with Crippen LogP contribution in [0, 0.1) is 11.3 Å². The molecular weight excluding hydrogens is 266 g/mol. The van der Waals surface area contributed by atoms with Gasteiger partial charge in [-0.2, -0.15) is 5.26 Å². The SMILES string of the molecule is COc1cc(C#N)cc(Cl)c1OC1CCCCC1O. The van der Waals surface area contributed by atoms with Gasteiger partial charge >= 0.3 is 0 Å². The molecule has 2 unspecified atom stereocenters. The van der Waals surface area contributed by atoms with Crippen LogP contribution in [0.1, 0.15) is 31.2 Å². The van der Waals surface area contributed by atoms with E-state index in [1.165, 1.54) is 13.2 Å². The summed E-state index contributed by atoms with van der Waals surface area (Å²) in [5, 5.41) is 19.1. The molecule has 1 aromatic carbocycles. The summed E-state index contributed by atoms with van der Waals surface area (Å²) in [6, 6.07) is 5.13. The van der Waals surface area contributed by atoms with Crippen LogP contribution in [0.5, 0.6) is 11.5 Å². The lowest BCUT2D eigenvalue weighted by Gasteiger charge is -2.29. The van der Waals surface area contributed by atoms with E-state index < -0.39 is 6.10 Å². The zero-order chi connectivity index (χ0) is 13.8. The Balaban J connectivity index is 2.26. The Hall–Kier alpha value is -1.44. The summed E-state index contributed by atoms with van der Waals surface area (Å²) >= 11 is 6.12. The Kier molecular flexibility index (Phi) is 4.52. The first-order valence-corrected chi connectivity index (χ1v) is 6.66. The second kappa shape index (κ2) is 6.14. The van der Waals surface area contributed by atoms with Crippen molar-refractivity contribution < 1.29 is 14.6 Å². The summed E-state index contributed by atoms with van der Waals surface area (Å²) in [5.41, 5.74) is 0.415. The number of hydrogen-bond donors (Lipinski definition) is 1. The number of nitriles is 1. The molecule has 0 bridgehead atoms. The van der Waals surface area contributed by atoms with E-state index in [9.17, 15) is 5.11 Å². The monoisotopic (exact) mass is 281 g/mol. The van der Waals surface area contributed by atoms with Gasteiger partial charge in [0.2, 0.25) is 0 Å². The fraction of sp³-hybridized carbons (Fsp3) is 0.500. The van der Waals surface area contributed by atoms with E-state index in [0.717, 1.165) is 25.7 Å². The molecule has 1 aliphatic rings. The van der Waals surface area contributed by atoms with Crippen molar-refractivity contribution in [1.82, 2.24) is 0 Å². The lowest BCUT2D eigenvalue weighted by molar-refractivity contribution is 0.00573. The van der Waals surface area contributed by atoms with Gasteiger partial charge < -0.3 is 14.6 Å². The molecule has 2 rings (SSSR count). The van der Waals surface area contributed by atoms with Crippen LogP contribution >= 0.6 is 11.6 Å². The molecule has 1 saturated carbocycles. The van der Waals surface area contributed by atoms with Crippen molar-refractivity contribution in [3.8, 4) is 17.6 Å². The van der Waals surface area contributed by atoms with Gasteiger partial charge in [0.15, 0.2) is 11.5 Å². The minimum atomic E-state index is -0.481. The van der Waals surface area contributed by atoms with Gasteiger partial charge in [0.05, 0.1) is 29.9 Å². The molecule has 1 fully saturated rings. The molecule has 0 aliphatic heterocycles. The first-order chi connectivity index (χ1) is 9.15. The van der Waals surface area contributed by atoms with Crippen LogP contribution in [0.25, 0.3) is 0 Å². The third-order valence-electron chi connectivity index (χ3n) is 3.30. The summed E-state index contributed by atoms with van der Waals surface area (Å²) < 4.78 is 11.0. The molecular formula is C14H16ClNO3. The van der Waals surface area contributed by atoms with Gasteiger partial charge in [0.1, 0.15) is 6.10 Å². The van der Waals surface area contributed by atoms with E-state index in [2.05, 4.69) is 0 Å². The van der Waals surface area contributed by atoms with Gasteiger partial charge in [-0.3, -0.25) is 0 Å². The van der Waals surface area contributed by atoms with Crippen LogP contribution in [-0.4, -0.2) is 24.4 Å². The van der Waals surface area contributed by atoms with E-state index >= 15 is 0 Å². The summed E-state index contributed by atoms with van der Waals surface area (Å²) in [7, 11) is 1.50. The molecule has 102 valence electrons. The summed E-state index contributed by atoms with van der Waals surface area (Å²) in [4.78, 5) is 0. The minimum absolute atomic E-state index is 0.270. The molecule has 0 saturated heterocycles. The molecule has 1 N–H and O–H groups in total. The average Bonchev–Trinajstić information content (AvgIpc) is 2.42. The van der Waals surface area contributed by atoms with Crippen LogP contribution in [0.3, 0.4) is 0 Å². The first kappa shape index (κ1) is 14.0. The summed E-state index contributed by atoms with van der Waals surface area (Å²) in [5.74, 6) is 0.816. The number of aliphatic hydroxyl groups is 1. The van der Waals surface area contributed by atoms with Gasteiger partial charge in [0, 0.05) is 6.07 Å². The van der Waals surface area contributed by atoms with E-state index in [0.29, 0.717) is 22.1 Å². The van der Waals surface area contributed by atoms with Gasteiger partial charge in [-0.05, 0) is 25.3 Å². The fourth-order valence-electron chi connectivity index (χ4n) is 2.26. The third-order valence-corrected chi connectivity index (χ3v) is 3.58. The van der Waals surface area contributed by atoms with E-state index in [4.69, 9.17) is 26.3 Å². The van der Waals surface area contributed by atoms with E-state index in [1.807, 2.05) is 6.07 Å². The largest absolute Gasteiger partial charge is 0.493 e. The van der Waals surface area contributed by atoms with Crippen molar-refractivity contribution in [1.29, 1.82) is 5.26 Å². The number of aliphatic hydroxyl groups excluding tert-OH is 1. The number of benzene rings is 1. The average molecular weight is 282 g/mol. The number of rotatable bonds is 3. The zero-order valence-corrected chi connectivity index (χ0v) is 11.5. The standard InChI is InChI=1S/C14H16ClNO3/c1-18-13-7-9(8-16)6-10(15)14(13)19-12-5-3-2-4-11(12)17/h6-7,11-12,17H,2-5H2,1H3. The molecule has 0 spiro atoms. The molecule has 5 heteroatoms. The van der Waals surface area contributed by atoms with Crippen molar-refractivity contribution in [3.05, 3.63) is 22.7 Å². The Labute approximate surface area is 117 Å². The highest BCUT2D eigenvalue weighted by atomic mass is 35.5. The molecule has 0 radical (unpaired) electrons. The predicted octanol–water partition coefficient (Wildman–Crippen LogP) is 2.90. The van der Waals surface area contributed by atoms with Crippen LogP contribution in [0.2, 0.25) is 5.02 Å². The van der Waals surface area contributed by atoms with Crippen molar-refractivity contribution in [3.63, 3.8) is 0 Å². The Bertz CT molecular complexity index is 498. The summed E-state index contributed by atoms with van der Waals surface area (Å²) in [6.07, 6.45) is 2.82. The van der Waals surface area contributed by atoms with Crippen LogP contribution in [-0.2, 0) is 0 Å². The Morgan fingerprint density at radius 3 is 2.74 bits per heavy atom. The van der Waals surface area contributed by atoms with Crippen LogP contribution in [0.15, 0.2) is 12.1 Å². The Morgan fingerprint density at radius 2 is 2.11 bits per heavy atom. The van der Waals surface area contributed by atoms with Crippen molar-refractivity contribution in [2.45, 2.75) is 37.9 Å². The predicted molar refractivity (Wildman–Crippen MR) is 71.6 cm³/mol. The molecule has 0 heterocycles. The van der Waals surface area contributed by atoms with Crippen molar-refractivity contribution in [2.24, 2.45) is 0 Å². The molecule has 19 heavy (non-hydrogen) atoms. The molecule has 1 aliphatic carbocycles. The van der Waals surface area contributed by atoms with Gasteiger partial charge in [0.25, 0.3) is 0 Å². The number of ether oxygens (including phenoxy) is 2. The third kappa shape index (κ3) is 3.12. The topological polar surface area (TPSA) is 62.5 Å². The second-order valence-corrected chi connectivity index (χ2v) is 5.02. The zero-order valence-electron chi connectivity index (χ0n) is 10.7. The highest BCUT2D eigenvalue weighted by Gasteiger charge is 2.26. The van der Waals surface area contributed by atoms with Gasteiger partial charge in [-0.1, -0.05) is 18.0 Å². The van der Waals surface area contributed by atoms with Crippen molar-refractivity contribution >= 4 is 11.6 Å².